The summed E-state index contributed by atoms with van der Waals surface area (Å²) >= 11 is 0. The molecule has 3 heterocycles. The van der Waals surface area contributed by atoms with Crippen molar-refractivity contribution in [3.63, 3.8) is 0 Å². The summed E-state index contributed by atoms with van der Waals surface area (Å²) in [4.78, 5) is 31.0. The molecular formula is C29H37FN4O3. The Morgan fingerprint density at radius 2 is 1.95 bits per heavy atom. The second-order valence-electron chi connectivity index (χ2n) is 10.8. The zero-order valence-corrected chi connectivity index (χ0v) is 22.0. The number of benzene rings is 1. The van der Waals surface area contributed by atoms with Gasteiger partial charge in [-0.3, -0.25) is 9.59 Å². The average molecular weight is 509 g/mol. The number of nitrogens with one attached hydrogen (secondary N) is 2. The monoisotopic (exact) mass is 508 g/mol. The number of carbonyl (C=O) groups excluding carboxylic acids is 1. The average Bonchev–Trinajstić information content (AvgIpc) is 3.14. The highest BCUT2D eigenvalue weighted by Crippen LogP contribution is 2.37. The zero-order valence-electron chi connectivity index (χ0n) is 22.0. The fourth-order valence-corrected chi connectivity index (χ4v) is 5.95. The Bertz CT molecular complexity index is 1350. The number of halogens is 1. The van der Waals surface area contributed by atoms with Crippen LogP contribution in [-0.4, -0.2) is 52.8 Å². The van der Waals surface area contributed by atoms with E-state index in [1.54, 1.807) is 13.0 Å². The smallest absolute Gasteiger partial charge is 0.256 e. The second kappa shape index (κ2) is 10.3. The number of H-pyrrole nitrogens is 1. The molecule has 1 saturated heterocycles. The standard InChI is InChI=1S/C29H37FN4O3/c1-19-15-25(37-3)23(27(35)32-19)16-31-28(36)26-20(2)34(24-8-5-4-7-22(24)26)17-21-9-13-33(14-10-21)18-29(30)11-6-12-29/h4-5,7-8,15,21H,6,9-14,16-18H2,1-3H3,(H,31,36)(H,32,35). The molecule has 2 aliphatic rings. The van der Waals surface area contributed by atoms with E-state index in [4.69, 9.17) is 4.74 Å². The summed E-state index contributed by atoms with van der Waals surface area (Å²) in [5.41, 5.74) is 2.47. The van der Waals surface area contributed by atoms with Crippen LogP contribution >= 0.6 is 0 Å². The fourth-order valence-electron chi connectivity index (χ4n) is 5.95. The molecule has 0 spiro atoms. The van der Waals surface area contributed by atoms with Crippen molar-refractivity contribution in [3.8, 4) is 5.75 Å². The molecule has 5 rings (SSSR count). The first-order valence-electron chi connectivity index (χ1n) is 13.3. The van der Waals surface area contributed by atoms with Crippen molar-refractivity contribution in [2.24, 2.45) is 5.92 Å². The minimum Gasteiger partial charge on any atom is -0.496 e. The minimum absolute atomic E-state index is 0.0745. The Balaban J connectivity index is 1.31. The van der Waals surface area contributed by atoms with Crippen molar-refractivity contribution in [3.05, 3.63) is 63.2 Å². The molecule has 1 aliphatic heterocycles. The number of ether oxygens (including phenoxy) is 1. The number of pyridine rings is 1. The van der Waals surface area contributed by atoms with Crippen molar-refractivity contribution in [1.82, 2.24) is 19.8 Å². The summed E-state index contributed by atoms with van der Waals surface area (Å²) in [5.74, 6) is 0.732. The summed E-state index contributed by atoms with van der Waals surface area (Å²) in [5, 5.41) is 3.85. The molecule has 2 fully saturated rings. The lowest BCUT2D eigenvalue weighted by Gasteiger charge is -2.41. The van der Waals surface area contributed by atoms with E-state index in [9.17, 15) is 14.0 Å². The van der Waals surface area contributed by atoms with Gasteiger partial charge in [-0.2, -0.15) is 0 Å². The van der Waals surface area contributed by atoms with Gasteiger partial charge >= 0.3 is 0 Å². The van der Waals surface area contributed by atoms with E-state index in [2.05, 4.69) is 25.8 Å². The predicted molar refractivity (Wildman–Crippen MR) is 143 cm³/mol. The molecule has 7 nitrogen and oxygen atoms in total. The number of alkyl halides is 1. The number of hydrogen-bond donors (Lipinski definition) is 2. The highest BCUT2D eigenvalue weighted by molar-refractivity contribution is 6.08. The van der Waals surface area contributed by atoms with E-state index >= 15 is 0 Å². The number of piperidine rings is 1. The second-order valence-corrected chi connectivity index (χ2v) is 10.8. The van der Waals surface area contributed by atoms with Gasteiger partial charge in [0.15, 0.2) is 0 Å². The molecular weight excluding hydrogens is 471 g/mol. The fraction of sp³-hybridized carbons (Fsp3) is 0.517. The molecule has 1 saturated carbocycles. The van der Waals surface area contributed by atoms with Gasteiger partial charge in [0, 0.05) is 35.4 Å². The quantitative estimate of drug-likeness (QED) is 0.470. The van der Waals surface area contributed by atoms with Crippen LogP contribution in [0.5, 0.6) is 5.75 Å². The minimum atomic E-state index is -0.963. The Hall–Kier alpha value is -3.13. The Kier molecular flexibility index (Phi) is 7.12. The lowest BCUT2D eigenvalue weighted by Crippen LogP contribution is -2.47. The van der Waals surface area contributed by atoms with Gasteiger partial charge in [0.2, 0.25) is 0 Å². The molecule has 198 valence electrons. The number of methoxy groups -OCH3 is 1. The first-order valence-corrected chi connectivity index (χ1v) is 13.3. The van der Waals surface area contributed by atoms with Crippen LogP contribution in [0, 0.1) is 19.8 Å². The third-order valence-corrected chi connectivity index (χ3v) is 8.24. The molecule has 1 amide bonds. The molecule has 1 aliphatic carbocycles. The van der Waals surface area contributed by atoms with Crippen molar-refractivity contribution < 1.29 is 13.9 Å². The molecule has 8 heteroatoms. The summed E-state index contributed by atoms with van der Waals surface area (Å²) in [6.45, 7) is 7.12. The molecule has 2 N–H and O–H groups in total. The molecule has 0 radical (unpaired) electrons. The van der Waals surface area contributed by atoms with E-state index < -0.39 is 5.67 Å². The lowest BCUT2D eigenvalue weighted by atomic mass is 9.81. The molecule has 3 aromatic rings. The van der Waals surface area contributed by atoms with Gasteiger partial charge in [0.1, 0.15) is 11.4 Å². The van der Waals surface area contributed by atoms with Gasteiger partial charge in [0.05, 0.1) is 24.8 Å². The highest BCUT2D eigenvalue weighted by atomic mass is 19.1. The van der Waals surface area contributed by atoms with Gasteiger partial charge in [-0.25, -0.2) is 4.39 Å². The molecule has 0 bridgehead atoms. The van der Waals surface area contributed by atoms with Gasteiger partial charge in [0.25, 0.3) is 11.5 Å². The van der Waals surface area contributed by atoms with Gasteiger partial charge in [-0.15, -0.1) is 0 Å². The van der Waals surface area contributed by atoms with Crippen LogP contribution in [0.2, 0.25) is 0 Å². The molecule has 1 aromatic carbocycles. The van der Waals surface area contributed by atoms with Gasteiger partial charge < -0.3 is 24.5 Å². The number of amides is 1. The highest BCUT2D eigenvalue weighted by Gasteiger charge is 2.39. The topological polar surface area (TPSA) is 79.4 Å². The van der Waals surface area contributed by atoms with Crippen LogP contribution in [0.15, 0.2) is 35.1 Å². The molecule has 0 atom stereocenters. The first-order chi connectivity index (χ1) is 17.8. The Morgan fingerprint density at radius 1 is 1.22 bits per heavy atom. The predicted octanol–water partition coefficient (Wildman–Crippen LogP) is 4.49. The number of aromatic amines is 1. The molecule has 37 heavy (non-hydrogen) atoms. The first kappa shape index (κ1) is 25.5. The van der Waals surface area contributed by atoms with E-state index in [1.807, 2.05) is 25.1 Å². The third-order valence-electron chi connectivity index (χ3n) is 8.24. The summed E-state index contributed by atoms with van der Waals surface area (Å²) < 4.78 is 22.2. The van der Waals surface area contributed by atoms with Gasteiger partial charge in [-0.1, -0.05) is 18.2 Å². The normalized spacial score (nSPS) is 18.1. The molecule has 0 unspecified atom stereocenters. The van der Waals surface area contributed by atoms with E-state index in [0.717, 1.165) is 55.5 Å². The van der Waals surface area contributed by atoms with Crippen molar-refractivity contribution in [2.45, 2.75) is 64.7 Å². The third kappa shape index (κ3) is 5.17. The maximum Gasteiger partial charge on any atom is 0.256 e. The Labute approximate surface area is 217 Å². The maximum absolute atomic E-state index is 14.6. The van der Waals surface area contributed by atoms with E-state index in [1.165, 1.54) is 7.11 Å². The largest absolute Gasteiger partial charge is 0.496 e. The van der Waals surface area contributed by atoms with Crippen LogP contribution in [0.3, 0.4) is 0 Å². The summed E-state index contributed by atoms with van der Waals surface area (Å²) in [6, 6.07) is 9.74. The number of aryl methyl sites for hydroxylation is 1. The number of fused-ring (bicyclic) bond motifs is 1. The van der Waals surface area contributed by atoms with Crippen LogP contribution in [0.25, 0.3) is 10.9 Å². The number of nitrogens with zero attached hydrogens (tertiary/aromatic N) is 2. The van der Waals surface area contributed by atoms with Crippen LogP contribution in [0.1, 0.15) is 59.4 Å². The van der Waals surface area contributed by atoms with E-state index in [-0.39, 0.29) is 18.0 Å². The van der Waals surface area contributed by atoms with Crippen molar-refractivity contribution in [1.29, 1.82) is 0 Å². The Morgan fingerprint density at radius 3 is 2.62 bits per heavy atom. The number of carbonyl (C=O) groups is 1. The van der Waals surface area contributed by atoms with Crippen LogP contribution in [0.4, 0.5) is 4.39 Å². The number of hydrogen-bond acceptors (Lipinski definition) is 4. The number of para-hydroxylation sites is 1. The van der Waals surface area contributed by atoms with Crippen molar-refractivity contribution >= 4 is 16.8 Å². The number of likely N-dealkylation sites (tertiary alicyclic amines) is 1. The maximum atomic E-state index is 14.6. The summed E-state index contributed by atoms with van der Waals surface area (Å²) in [6.07, 6.45) is 4.48. The van der Waals surface area contributed by atoms with E-state index in [0.29, 0.717) is 47.9 Å². The van der Waals surface area contributed by atoms with Gasteiger partial charge in [-0.05, 0) is 77.1 Å². The lowest BCUT2D eigenvalue weighted by molar-refractivity contribution is 0.00921. The van der Waals surface area contributed by atoms with Crippen LogP contribution in [-0.2, 0) is 13.1 Å². The SMILES string of the molecule is COc1cc(C)[nH]c(=O)c1CNC(=O)c1c(C)n(CC2CCN(CC3(F)CCC3)CC2)c2ccccc12. The summed E-state index contributed by atoms with van der Waals surface area (Å²) in [7, 11) is 1.52. The number of aromatic nitrogens is 2. The van der Waals surface area contributed by atoms with Crippen LogP contribution < -0.4 is 15.6 Å². The van der Waals surface area contributed by atoms with Crippen molar-refractivity contribution in [2.75, 3.05) is 26.7 Å². The molecule has 2 aromatic heterocycles. The number of rotatable bonds is 8. The zero-order chi connectivity index (χ0) is 26.2.